The van der Waals surface area contributed by atoms with E-state index >= 15 is 0 Å². The summed E-state index contributed by atoms with van der Waals surface area (Å²) in [4.78, 5) is 12.1. The van der Waals surface area contributed by atoms with Crippen LogP contribution in [0, 0.1) is 0 Å². The van der Waals surface area contributed by atoms with Crippen LogP contribution < -0.4 is 10.1 Å². The van der Waals surface area contributed by atoms with Gasteiger partial charge in [0.05, 0.1) is 11.2 Å². The maximum atomic E-state index is 12.1. The predicted molar refractivity (Wildman–Crippen MR) is 83.5 cm³/mol. The number of benzene rings is 1. The fourth-order valence-corrected chi connectivity index (χ4v) is 2.47. The molecule has 0 aliphatic carbocycles. The van der Waals surface area contributed by atoms with Crippen LogP contribution in [0.2, 0.25) is 5.02 Å². The minimum Gasteiger partial charge on any atom is -0.488 e. The van der Waals surface area contributed by atoms with Crippen molar-refractivity contribution in [2.75, 3.05) is 13.2 Å². The van der Waals surface area contributed by atoms with Gasteiger partial charge in [-0.2, -0.15) is 0 Å². The van der Waals surface area contributed by atoms with E-state index in [1.807, 2.05) is 6.92 Å². The molecule has 1 atom stereocenters. The first-order chi connectivity index (χ1) is 9.91. The Morgan fingerprint density at radius 2 is 2.29 bits per heavy atom. The largest absolute Gasteiger partial charge is 0.488 e. The van der Waals surface area contributed by atoms with E-state index in [9.17, 15) is 9.90 Å². The first kappa shape index (κ1) is 15.9. The van der Waals surface area contributed by atoms with Crippen molar-refractivity contribution in [2.45, 2.75) is 32.3 Å². The lowest BCUT2D eigenvalue weighted by atomic mass is 10.0. The summed E-state index contributed by atoms with van der Waals surface area (Å²) >= 11 is 5.94. The van der Waals surface area contributed by atoms with E-state index in [0.717, 1.165) is 12.0 Å². The lowest BCUT2D eigenvalue weighted by Crippen LogP contribution is -2.41. The van der Waals surface area contributed by atoms with Crippen molar-refractivity contribution in [3.05, 3.63) is 34.4 Å². The minimum absolute atomic E-state index is 0.219. The molecular weight excluding hydrogens is 290 g/mol. The molecule has 5 heteroatoms. The zero-order valence-corrected chi connectivity index (χ0v) is 13.0. The van der Waals surface area contributed by atoms with Crippen molar-refractivity contribution in [1.29, 1.82) is 0 Å². The number of carbonyl (C=O) groups is 1. The lowest BCUT2D eigenvalue weighted by Gasteiger charge is -2.24. The van der Waals surface area contributed by atoms with Crippen LogP contribution in [-0.2, 0) is 4.79 Å². The van der Waals surface area contributed by atoms with Gasteiger partial charge in [-0.25, -0.2) is 0 Å². The van der Waals surface area contributed by atoms with Gasteiger partial charge in [-0.15, -0.1) is 0 Å². The van der Waals surface area contributed by atoms with Crippen molar-refractivity contribution in [2.24, 2.45) is 0 Å². The number of halogens is 1. The van der Waals surface area contributed by atoms with Crippen LogP contribution in [0.25, 0.3) is 6.08 Å². The molecule has 0 fully saturated rings. The van der Waals surface area contributed by atoms with E-state index in [1.165, 1.54) is 0 Å². The summed E-state index contributed by atoms with van der Waals surface area (Å²) in [6.07, 6.45) is 3.27. The van der Waals surface area contributed by atoms with Crippen molar-refractivity contribution < 1.29 is 14.6 Å². The van der Waals surface area contributed by atoms with Gasteiger partial charge in [0.2, 0.25) is 0 Å². The van der Waals surface area contributed by atoms with Gasteiger partial charge in [-0.05, 0) is 37.6 Å². The molecule has 1 heterocycles. The van der Waals surface area contributed by atoms with Gasteiger partial charge in [0, 0.05) is 17.1 Å². The first-order valence-electron chi connectivity index (χ1n) is 7.05. The van der Waals surface area contributed by atoms with Crippen molar-refractivity contribution in [1.82, 2.24) is 5.32 Å². The van der Waals surface area contributed by atoms with Gasteiger partial charge in [-0.1, -0.05) is 24.9 Å². The standard InChI is InChI=1S/C16H20ClNO3/c1-3-6-16(2,20)10-18-15(19)12-7-11-8-13(17)4-5-14(11)21-9-12/h4-5,7-8,20H,3,6,9-10H2,1-2H3,(H,18,19). The number of fused-ring (bicyclic) bond motifs is 1. The fourth-order valence-electron chi connectivity index (χ4n) is 2.29. The van der Waals surface area contributed by atoms with Gasteiger partial charge in [0.15, 0.2) is 0 Å². The number of aliphatic hydroxyl groups is 1. The Kier molecular flexibility index (Phi) is 4.91. The molecule has 1 unspecified atom stereocenters. The first-order valence-corrected chi connectivity index (χ1v) is 7.42. The normalized spacial score (nSPS) is 16.3. The van der Waals surface area contributed by atoms with E-state index in [0.29, 0.717) is 22.8 Å². The Morgan fingerprint density at radius 1 is 1.52 bits per heavy atom. The summed E-state index contributed by atoms with van der Waals surface area (Å²) in [6.45, 7) is 4.15. The maximum absolute atomic E-state index is 12.1. The molecule has 1 aromatic carbocycles. The van der Waals surface area contributed by atoms with Crippen LogP contribution in [-0.4, -0.2) is 29.8 Å². The van der Waals surface area contributed by atoms with Gasteiger partial charge in [-0.3, -0.25) is 4.79 Å². The van der Waals surface area contributed by atoms with Crippen molar-refractivity contribution >= 4 is 23.6 Å². The molecule has 0 bridgehead atoms. The molecule has 0 saturated carbocycles. The van der Waals surface area contributed by atoms with E-state index in [4.69, 9.17) is 16.3 Å². The van der Waals surface area contributed by atoms with Crippen LogP contribution in [0.1, 0.15) is 32.3 Å². The van der Waals surface area contributed by atoms with Crippen LogP contribution in [0.5, 0.6) is 5.75 Å². The van der Waals surface area contributed by atoms with Crippen LogP contribution in [0.3, 0.4) is 0 Å². The lowest BCUT2D eigenvalue weighted by molar-refractivity contribution is -0.119. The Morgan fingerprint density at radius 3 is 3.00 bits per heavy atom. The molecule has 21 heavy (non-hydrogen) atoms. The predicted octanol–water partition coefficient (Wildman–Crippen LogP) is 2.78. The number of nitrogens with one attached hydrogen (secondary N) is 1. The average molecular weight is 310 g/mol. The third kappa shape index (κ3) is 4.22. The van der Waals surface area contributed by atoms with E-state index in [2.05, 4.69) is 5.32 Å². The molecule has 1 aliphatic heterocycles. The average Bonchev–Trinajstić information content (AvgIpc) is 2.44. The summed E-state index contributed by atoms with van der Waals surface area (Å²) in [7, 11) is 0. The topological polar surface area (TPSA) is 58.6 Å². The highest BCUT2D eigenvalue weighted by Gasteiger charge is 2.22. The number of hydrogen-bond donors (Lipinski definition) is 2. The molecule has 2 N–H and O–H groups in total. The molecule has 1 amide bonds. The van der Waals surface area contributed by atoms with Gasteiger partial charge >= 0.3 is 0 Å². The SMILES string of the molecule is CCCC(C)(O)CNC(=O)C1=Cc2cc(Cl)ccc2OC1. The number of hydrogen-bond acceptors (Lipinski definition) is 3. The Labute approximate surface area is 129 Å². The van der Waals surface area contributed by atoms with E-state index in [-0.39, 0.29) is 19.1 Å². The second-order valence-corrected chi connectivity index (χ2v) is 6.01. The van der Waals surface area contributed by atoms with Crippen molar-refractivity contribution in [3.63, 3.8) is 0 Å². The molecule has 1 aromatic rings. The molecule has 0 saturated heterocycles. The summed E-state index contributed by atoms with van der Waals surface area (Å²) in [5.41, 5.74) is 0.429. The second-order valence-electron chi connectivity index (χ2n) is 5.57. The zero-order valence-electron chi connectivity index (χ0n) is 12.3. The number of rotatable bonds is 5. The third-order valence-corrected chi connectivity index (χ3v) is 3.63. The quantitative estimate of drug-likeness (QED) is 0.879. The number of amides is 1. The molecule has 1 aliphatic rings. The zero-order chi connectivity index (χ0) is 15.5. The second kappa shape index (κ2) is 6.50. The summed E-state index contributed by atoms with van der Waals surface area (Å²) in [6, 6.07) is 5.30. The van der Waals surface area contributed by atoms with Gasteiger partial charge in [0.25, 0.3) is 5.91 Å². The van der Waals surface area contributed by atoms with Crippen molar-refractivity contribution in [3.8, 4) is 5.75 Å². The molecule has 0 spiro atoms. The number of ether oxygens (including phenoxy) is 1. The van der Waals surface area contributed by atoms with E-state index < -0.39 is 5.60 Å². The highest BCUT2D eigenvalue weighted by Crippen LogP contribution is 2.29. The molecule has 0 aromatic heterocycles. The smallest absolute Gasteiger partial charge is 0.250 e. The van der Waals surface area contributed by atoms with Gasteiger partial charge < -0.3 is 15.2 Å². The Bertz CT molecular complexity index is 567. The number of carbonyl (C=O) groups excluding carboxylic acids is 1. The van der Waals surface area contributed by atoms with Crippen LogP contribution >= 0.6 is 11.6 Å². The molecular formula is C16H20ClNO3. The maximum Gasteiger partial charge on any atom is 0.250 e. The molecule has 4 nitrogen and oxygen atoms in total. The van der Waals surface area contributed by atoms with Crippen LogP contribution in [0.15, 0.2) is 23.8 Å². The highest BCUT2D eigenvalue weighted by molar-refractivity contribution is 6.30. The third-order valence-electron chi connectivity index (χ3n) is 3.39. The Balaban J connectivity index is 2.04. The summed E-state index contributed by atoms with van der Waals surface area (Å²) in [5.74, 6) is 0.492. The van der Waals surface area contributed by atoms with Gasteiger partial charge in [0.1, 0.15) is 12.4 Å². The summed E-state index contributed by atoms with van der Waals surface area (Å²) < 4.78 is 5.54. The monoisotopic (exact) mass is 309 g/mol. The van der Waals surface area contributed by atoms with Crippen LogP contribution in [0.4, 0.5) is 0 Å². The molecule has 2 rings (SSSR count). The Hall–Kier alpha value is -1.52. The highest BCUT2D eigenvalue weighted by atomic mass is 35.5. The summed E-state index contributed by atoms with van der Waals surface area (Å²) in [5, 5.41) is 13.4. The fraction of sp³-hybridized carbons (Fsp3) is 0.438. The molecule has 114 valence electrons. The minimum atomic E-state index is -0.887. The van der Waals surface area contributed by atoms with E-state index in [1.54, 1.807) is 31.2 Å². The molecule has 0 radical (unpaired) electrons.